The van der Waals surface area contributed by atoms with Gasteiger partial charge in [-0.25, -0.2) is 9.97 Å². The summed E-state index contributed by atoms with van der Waals surface area (Å²) >= 11 is 2.97. The van der Waals surface area contributed by atoms with Gasteiger partial charge in [-0.1, -0.05) is 42.0 Å². The molecule has 6 heteroatoms. The molecule has 0 unspecified atom stereocenters. The van der Waals surface area contributed by atoms with Crippen molar-refractivity contribution in [1.29, 1.82) is 0 Å². The zero-order valence-corrected chi connectivity index (χ0v) is 15.6. The third-order valence-electron chi connectivity index (χ3n) is 3.77. The zero-order valence-electron chi connectivity index (χ0n) is 14.0. The Bertz CT molecular complexity index is 1060. The number of carbonyl (C=O) groups excluding carboxylic acids is 1. The van der Waals surface area contributed by atoms with Crippen LogP contribution in [0.2, 0.25) is 0 Å². The van der Waals surface area contributed by atoms with Gasteiger partial charge in [0.25, 0.3) is 0 Å². The van der Waals surface area contributed by atoms with Crippen molar-refractivity contribution in [3.8, 4) is 11.3 Å². The molecule has 4 aromatic rings. The standard InChI is InChI=1S/C20H15N3OS2/c1-13-6-8-14(9-7-13)16-12-25-20(22-16)23-18(24)10-11-19-21-15-4-2-3-5-17(15)26-19/h2-12H,1H3,(H,22,23,24)/b11-10+. The highest BCUT2D eigenvalue weighted by atomic mass is 32.1. The lowest BCUT2D eigenvalue weighted by Gasteiger charge is -1.98. The normalized spacial score (nSPS) is 11.3. The van der Waals surface area contributed by atoms with Gasteiger partial charge in [-0.05, 0) is 25.1 Å². The summed E-state index contributed by atoms with van der Waals surface area (Å²) in [5.41, 5.74) is 4.05. The van der Waals surface area contributed by atoms with E-state index in [-0.39, 0.29) is 5.91 Å². The largest absolute Gasteiger partial charge is 0.298 e. The number of benzene rings is 2. The second kappa shape index (κ2) is 7.19. The van der Waals surface area contributed by atoms with Crippen LogP contribution in [0.1, 0.15) is 10.6 Å². The number of thiazole rings is 2. The lowest BCUT2D eigenvalue weighted by molar-refractivity contribution is -0.111. The van der Waals surface area contributed by atoms with Crippen LogP contribution in [0.15, 0.2) is 60.0 Å². The summed E-state index contributed by atoms with van der Waals surface area (Å²) in [4.78, 5) is 21.1. The lowest BCUT2D eigenvalue weighted by atomic mass is 10.1. The molecule has 128 valence electrons. The molecule has 0 aliphatic carbocycles. The molecule has 0 fully saturated rings. The number of anilines is 1. The summed E-state index contributed by atoms with van der Waals surface area (Å²) in [6, 6.07) is 16.1. The molecule has 1 N–H and O–H groups in total. The van der Waals surface area contributed by atoms with Crippen molar-refractivity contribution in [2.24, 2.45) is 0 Å². The fourth-order valence-corrected chi connectivity index (χ4v) is 4.04. The highest BCUT2D eigenvalue weighted by Crippen LogP contribution is 2.25. The van der Waals surface area contributed by atoms with E-state index >= 15 is 0 Å². The van der Waals surface area contributed by atoms with Crippen molar-refractivity contribution in [2.45, 2.75) is 6.92 Å². The highest BCUT2D eigenvalue weighted by molar-refractivity contribution is 7.19. The van der Waals surface area contributed by atoms with Gasteiger partial charge in [-0.15, -0.1) is 22.7 Å². The van der Waals surface area contributed by atoms with Crippen LogP contribution in [0, 0.1) is 6.92 Å². The van der Waals surface area contributed by atoms with E-state index < -0.39 is 0 Å². The number of aryl methyl sites for hydroxylation is 1. The van der Waals surface area contributed by atoms with Gasteiger partial charge in [-0.2, -0.15) is 0 Å². The number of amides is 1. The second-order valence-electron chi connectivity index (χ2n) is 5.75. The quantitative estimate of drug-likeness (QED) is 0.486. The Labute approximate surface area is 158 Å². The maximum Gasteiger partial charge on any atom is 0.250 e. The van der Waals surface area contributed by atoms with Crippen LogP contribution in [0.25, 0.3) is 27.6 Å². The highest BCUT2D eigenvalue weighted by Gasteiger charge is 2.07. The van der Waals surface area contributed by atoms with E-state index in [1.807, 2.05) is 60.8 Å². The Balaban J connectivity index is 1.44. The molecule has 0 saturated carbocycles. The predicted octanol–water partition coefficient (Wildman–Crippen LogP) is 5.38. The molecule has 2 heterocycles. The fourth-order valence-electron chi connectivity index (χ4n) is 2.44. The molecular weight excluding hydrogens is 362 g/mol. The number of carbonyl (C=O) groups is 1. The Kier molecular flexibility index (Phi) is 4.60. The van der Waals surface area contributed by atoms with Crippen LogP contribution < -0.4 is 5.32 Å². The number of nitrogens with zero attached hydrogens (tertiary/aromatic N) is 2. The number of hydrogen-bond donors (Lipinski definition) is 1. The monoisotopic (exact) mass is 377 g/mol. The Morgan fingerprint density at radius 2 is 1.88 bits per heavy atom. The molecule has 26 heavy (non-hydrogen) atoms. The van der Waals surface area contributed by atoms with E-state index in [2.05, 4.69) is 15.3 Å². The van der Waals surface area contributed by atoms with Crippen LogP contribution in [-0.4, -0.2) is 15.9 Å². The van der Waals surface area contributed by atoms with E-state index in [9.17, 15) is 4.79 Å². The first-order chi connectivity index (χ1) is 12.7. The number of hydrogen-bond acceptors (Lipinski definition) is 5. The number of nitrogens with one attached hydrogen (secondary N) is 1. The number of aromatic nitrogens is 2. The first-order valence-corrected chi connectivity index (χ1v) is 9.74. The van der Waals surface area contributed by atoms with Crippen molar-refractivity contribution in [3.05, 3.63) is 70.6 Å². The van der Waals surface area contributed by atoms with Crippen molar-refractivity contribution < 1.29 is 4.79 Å². The molecule has 0 aliphatic heterocycles. The first-order valence-electron chi connectivity index (χ1n) is 8.04. The maximum absolute atomic E-state index is 12.1. The summed E-state index contributed by atoms with van der Waals surface area (Å²) in [6.07, 6.45) is 3.22. The Morgan fingerprint density at radius 1 is 1.08 bits per heavy atom. The van der Waals surface area contributed by atoms with Crippen LogP contribution in [0.5, 0.6) is 0 Å². The van der Waals surface area contributed by atoms with Crippen LogP contribution >= 0.6 is 22.7 Å². The van der Waals surface area contributed by atoms with E-state index in [1.54, 1.807) is 17.4 Å². The van der Waals surface area contributed by atoms with Gasteiger partial charge in [0, 0.05) is 17.0 Å². The summed E-state index contributed by atoms with van der Waals surface area (Å²) < 4.78 is 1.11. The molecule has 0 aliphatic rings. The molecule has 1 amide bonds. The summed E-state index contributed by atoms with van der Waals surface area (Å²) in [6.45, 7) is 2.05. The second-order valence-corrected chi connectivity index (χ2v) is 7.67. The molecule has 0 spiro atoms. The fraction of sp³-hybridized carbons (Fsp3) is 0.0500. The summed E-state index contributed by atoms with van der Waals surface area (Å²) in [5.74, 6) is -0.214. The molecule has 0 atom stereocenters. The minimum absolute atomic E-state index is 0.214. The van der Waals surface area contributed by atoms with Gasteiger partial charge in [0.05, 0.1) is 15.9 Å². The number of para-hydroxylation sites is 1. The Morgan fingerprint density at radius 3 is 2.69 bits per heavy atom. The van der Waals surface area contributed by atoms with Crippen molar-refractivity contribution in [3.63, 3.8) is 0 Å². The molecule has 4 nitrogen and oxygen atoms in total. The topological polar surface area (TPSA) is 54.9 Å². The van der Waals surface area contributed by atoms with Crippen LogP contribution in [0.3, 0.4) is 0 Å². The van der Waals surface area contributed by atoms with Gasteiger partial charge in [-0.3, -0.25) is 10.1 Å². The van der Waals surface area contributed by atoms with E-state index in [0.717, 1.165) is 26.5 Å². The molecule has 0 saturated heterocycles. The predicted molar refractivity (Wildman–Crippen MR) is 110 cm³/mol. The maximum atomic E-state index is 12.1. The van der Waals surface area contributed by atoms with Gasteiger partial charge >= 0.3 is 0 Å². The molecule has 0 bridgehead atoms. The van der Waals surface area contributed by atoms with E-state index in [1.165, 1.54) is 23.0 Å². The summed E-state index contributed by atoms with van der Waals surface area (Å²) in [7, 11) is 0. The Hall–Kier alpha value is -2.83. The van der Waals surface area contributed by atoms with Crippen molar-refractivity contribution in [2.75, 3.05) is 5.32 Å². The lowest BCUT2D eigenvalue weighted by Crippen LogP contribution is -2.07. The number of fused-ring (bicyclic) bond motifs is 1. The van der Waals surface area contributed by atoms with Gasteiger partial charge in [0.2, 0.25) is 5.91 Å². The molecule has 2 aromatic heterocycles. The van der Waals surface area contributed by atoms with Crippen LogP contribution in [0.4, 0.5) is 5.13 Å². The average molecular weight is 377 g/mol. The average Bonchev–Trinajstić information content (AvgIpc) is 3.27. The minimum Gasteiger partial charge on any atom is -0.298 e. The van der Waals surface area contributed by atoms with Crippen LogP contribution in [-0.2, 0) is 4.79 Å². The first kappa shape index (κ1) is 16.6. The van der Waals surface area contributed by atoms with Crippen molar-refractivity contribution >= 4 is 50.0 Å². The molecular formula is C20H15N3OS2. The van der Waals surface area contributed by atoms with E-state index in [4.69, 9.17) is 0 Å². The SMILES string of the molecule is Cc1ccc(-c2csc(NC(=O)/C=C/c3nc4ccccc4s3)n2)cc1. The van der Waals surface area contributed by atoms with Gasteiger partial charge < -0.3 is 0 Å². The van der Waals surface area contributed by atoms with E-state index in [0.29, 0.717) is 5.13 Å². The third kappa shape index (κ3) is 3.71. The third-order valence-corrected chi connectivity index (χ3v) is 5.53. The van der Waals surface area contributed by atoms with Crippen molar-refractivity contribution in [1.82, 2.24) is 9.97 Å². The van der Waals surface area contributed by atoms with Gasteiger partial charge in [0.1, 0.15) is 5.01 Å². The minimum atomic E-state index is -0.214. The molecule has 0 radical (unpaired) electrons. The smallest absolute Gasteiger partial charge is 0.250 e. The zero-order chi connectivity index (χ0) is 17.9. The molecule has 4 rings (SSSR count). The number of rotatable bonds is 4. The van der Waals surface area contributed by atoms with Gasteiger partial charge in [0.15, 0.2) is 5.13 Å². The summed E-state index contributed by atoms with van der Waals surface area (Å²) in [5, 5.41) is 6.14. The molecule has 2 aromatic carbocycles.